The highest BCUT2D eigenvalue weighted by atomic mass is 32.3. The molecule has 0 unspecified atom stereocenters. The molecule has 0 atom stereocenters. The van der Waals surface area contributed by atoms with Gasteiger partial charge in [0.2, 0.25) is 0 Å². The van der Waals surface area contributed by atoms with E-state index >= 15 is 0 Å². The summed E-state index contributed by atoms with van der Waals surface area (Å²) in [4.78, 5) is 0. The molecule has 0 aromatic carbocycles. The summed E-state index contributed by atoms with van der Waals surface area (Å²) in [6, 6.07) is 0. The zero-order valence-corrected chi connectivity index (χ0v) is 14.8. The molecule has 16 heavy (non-hydrogen) atoms. The van der Waals surface area contributed by atoms with E-state index in [2.05, 4.69) is 97.6 Å². The van der Waals surface area contributed by atoms with E-state index in [1.807, 2.05) is 0 Å². The van der Waals surface area contributed by atoms with Gasteiger partial charge in [-0.15, -0.1) is 35.3 Å². The van der Waals surface area contributed by atoms with Crippen LogP contribution in [0.25, 0.3) is 0 Å². The maximum atomic E-state index is 2.30. The Labute approximate surface area is 115 Å². The lowest BCUT2D eigenvalue weighted by atomic mass is 10.3. The predicted molar refractivity (Wildman–Crippen MR) is 85.8 cm³/mol. The van der Waals surface area contributed by atoms with E-state index in [1.165, 1.54) is 0 Å². The van der Waals surface area contributed by atoms with Crippen LogP contribution in [-0.2, 0) is 0 Å². The fourth-order valence-corrected chi connectivity index (χ4v) is 8.44. The van der Waals surface area contributed by atoms with Gasteiger partial charge in [0.15, 0.2) is 0 Å². The molecule has 0 heterocycles. The van der Waals surface area contributed by atoms with Crippen LogP contribution in [0, 0.1) is 0 Å². The molecule has 0 radical (unpaired) electrons. The molecule has 0 fully saturated rings. The molecule has 98 valence electrons. The Morgan fingerprint density at radius 2 is 0.688 bits per heavy atom. The second kappa shape index (κ2) is 5.79. The summed E-state index contributed by atoms with van der Waals surface area (Å²) in [5, 5.41) is 0. The summed E-state index contributed by atoms with van der Waals surface area (Å²) in [5.74, 6) is 0. The van der Waals surface area contributed by atoms with Gasteiger partial charge >= 0.3 is 0 Å². The molecule has 0 aromatic rings. The fourth-order valence-electron chi connectivity index (χ4n) is 0.938. The Balaban J connectivity index is 4.53. The SMILES string of the molecule is CC(C)(C)SC(SC(C)(C)C)SC(C)(C)C. The number of hydrogen-bond acceptors (Lipinski definition) is 3. The summed E-state index contributed by atoms with van der Waals surface area (Å²) in [7, 11) is 0. The summed E-state index contributed by atoms with van der Waals surface area (Å²) in [6.45, 7) is 20.7. The standard InChI is InChI=1S/C13H28S3/c1-11(2,3)14-10(15-12(4,5)6)16-13(7,8)9/h10H,1-9H3. The zero-order chi connectivity index (χ0) is 13.2. The summed E-state index contributed by atoms with van der Waals surface area (Å²) in [6.07, 6.45) is 0. The Bertz CT molecular complexity index is 165. The second-order valence-electron chi connectivity index (χ2n) is 6.98. The molecule has 0 N–H and O–H groups in total. The summed E-state index contributed by atoms with van der Waals surface area (Å²) in [5.41, 5.74) is 0. The lowest BCUT2D eigenvalue weighted by Gasteiger charge is -2.33. The lowest BCUT2D eigenvalue weighted by molar-refractivity contribution is 0.792. The molecule has 0 saturated heterocycles. The molecular formula is C13H28S3. The maximum absolute atomic E-state index is 2.30. The van der Waals surface area contributed by atoms with E-state index in [4.69, 9.17) is 0 Å². The van der Waals surface area contributed by atoms with Gasteiger partial charge in [-0.2, -0.15) is 0 Å². The van der Waals surface area contributed by atoms with Gasteiger partial charge < -0.3 is 0 Å². The van der Waals surface area contributed by atoms with E-state index in [1.54, 1.807) is 0 Å². The van der Waals surface area contributed by atoms with Gasteiger partial charge in [0.25, 0.3) is 0 Å². The molecule has 0 aromatic heterocycles. The molecule has 3 heteroatoms. The van der Waals surface area contributed by atoms with E-state index in [0.717, 1.165) is 0 Å². The van der Waals surface area contributed by atoms with Crippen molar-refractivity contribution in [2.75, 3.05) is 0 Å². The van der Waals surface area contributed by atoms with Crippen molar-refractivity contribution < 1.29 is 0 Å². The van der Waals surface area contributed by atoms with Crippen LogP contribution < -0.4 is 0 Å². The normalized spacial score (nSPS) is 14.6. The van der Waals surface area contributed by atoms with Crippen LogP contribution in [-0.4, -0.2) is 18.2 Å². The predicted octanol–water partition coefficient (Wildman–Crippen LogP) is 5.87. The van der Waals surface area contributed by atoms with Crippen molar-refractivity contribution >= 4 is 35.3 Å². The molecule has 0 spiro atoms. The number of hydrogen-bond donors (Lipinski definition) is 0. The highest BCUT2D eigenvalue weighted by Crippen LogP contribution is 2.49. The van der Waals surface area contributed by atoms with Crippen LogP contribution >= 0.6 is 35.3 Å². The molecule has 0 saturated carbocycles. The van der Waals surface area contributed by atoms with E-state index in [-0.39, 0.29) is 0 Å². The zero-order valence-electron chi connectivity index (χ0n) is 12.3. The van der Waals surface area contributed by atoms with Crippen LogP contribution in [0.15, 0.2) is 0 Å². The van der Waals surface area contributed by atoms with Crippen LogP contribution in [0.2, 0.25) is 0 Å². The number of rotatable bonds is 3. The average molecular weight is 281 g/mol. The van der Waals surface area contributed by atoms with Crippen LogP contribution in [0.1, 0.15) is 62.3 Å². The molecule has 0 aliphatic heterocycles. The van der Waals surface area contributed by atoms with Gasteiger partial charge in [-0.05, 0) is 0 Å². The van der Waals surface area contributed by atoms with Crippen molar-refractivity contribution in [3.63, 3.8) is 0 Å². The first-order valence-electron chi connectivity index (χ1n) is 5.82. The van der Waals surface area contributed by atoms with E-state index in [0.29, 0.717) is 18.2 Å². The van der Waals surface area contributed by atoms with Crippen LogP contribution in [0.3, 0.4) is 0 Å². The molecular weight excluding hydrogens is 252 g/mol. The molecule has 0 rings (SSSR count). The molecule has 0 nitrogen and oxygen atoms in total. The Kier molecular flexibility index (Phi) is 6.17. The molecule has 0 aliphatic carbocycles. The topological polar surface area (TPSA) is 0 Å². The van der Waals surface area contributed by atoms with E-state index in [9.17, 15) is 0 Å². The van der Waals surface area contributed by atoms with Gasteiger partial charge in [-0.3, -0.25) is 0 Å². The lowest BCUT2D eigenvalue weighted by Crippen LogP contribution is -2.21. The average Bonchev–Trinajstić information content (AvgIpc) is 1.70. The maximum Gasteiger partial charge on any atom is 0.0971 e. The van der Waals surface area contributed by atoms with Crippen molar-refractivity contribution in [1.82, 2.24) is 0 Å². The third-order valence-electron chi connectivity index (χ3n) is 1.35. The Hall–Kier alpha value is 1.05. The van der Waals surface area contributed by atoms with Crippen molar-refractivity contribution in [2.24, 2.45) is 0 Å². The van der Waals surface area contributed by atoms with Gasteiger partial charge in [0.05, 0.1) is 3.91 Å². The van der Waals surface area contributed by atoms with Crippen LogP contribution in [0.4, 0.5) is 0 Å². The Morgan fingerprint density at radius 1 is 0.500 bits per heavy atom. The number of thioether (sulfide) groups is 3. The van der Waals surface area contributed by atoms with Crippen LogP contribution in [0.5, 0.6) is 0 Å². The first-order chi connectivity index (χ1) is 6.79. The largest absolute Gasteiger partial charge is 0.131 e. The quantitative estimate of drug-likeness (QED) is 0.594. The highest BCUT2D eigenvalue weighted by molar-refractivity contribution is 8.33. The first kappa shape index (κ1) is 17.1. The van der Waals surface area contributed by atoms with Crippen molar-refractivity contribution in [1.29, 1.82) is 0 Å². The van der Waals surface area contributed by atoms with E-state index < -0.39 is 0 Å². The first-order valence-corrected chi connectivity index (χ1v) is 8.46. The van der Waals surface area contributed by atoms with Crippen molar-refractivity contribution in [3.8, 4) is 0 Å². The van der Waals surface area contributed by atoms with Gasteiger partial charge in [0.1, 0.15) is 0 Å². The highest BCUT2D eigenvalue weighted by Gasteiger charge is 2.28. The smallest absolute Gasteiger partial charge is 0.0971 e. The molecule has 0 bridgehead atoms. The van der Waals surface area contributed by atoms with Gasteiger partial charge in [-0.1, -0.05) is 62.3 Å². The van der Waals surface area contributed by atoms with Gasteiger partial charge in [-0.25, -0.2) is 0 Å². The van der Waals surface area contributed by atoms with Gasteiger partial charge in [0, 0.05) is 14.2 Å². The monoisotopic (exact) mass is 280 g/mol. The Morgan fingerprint density at radius 3 is 0.812 bits per heavy atom. The minimum atomic E-state index is 0.334. The second-order valence-corrected chi connectivity index (χ2v) is 13.7. The molecule has 0 amide bonds. The van der Waals surface area contributed by atoms with Crippen molar-refractivity contribution in [2.45, 2.75) is 80.5 Å². The summed E-state index contributed by atoms with van der Waals surface area (Å²) < 4.78 is 1.61. The van der Waals surface area contributed by atoms with Crippen molar-refractivity contribution in [3.05, 3.63) is 0 Å². The summed E-state index contributed by atoms with van der Waals surface area (Å²) >= 11 is 6.24. The minimum absolute atomic E-state index is 0.334. The third-order valence-corrected chi connectivity index (χ3v) is 5.78. The fraction of sp³-hybridized carbons (Fsp3) is 1.00. The third kappa shape index (κ3) is 11.5. The minimum Gasteiger partial charge on any atom is -0.131 e. The molecule has 0 aliphatic rings.